The molecule has 2 aromatic rings. The van der Waals surface area contributed by atoms with Crippen molar-refractivity contribution < 1.29 is 19.0 Å². The summed E-state index contributed by atoms with van der Waals surface area (Å²) in [4.78, 5) is 14.6. The molecule has 0 saturated carbocycles. The van der Waals surface area contributed by atoms with Crippen LogP contribution in [0.3, 0.4) is 0 Å². The van der Waals surface area contributed by atoms with E-state index < -0.39 is 0 Å². The Hall–Kier alpha value is -2.24. The van der Waals surface area contributed by atoms with E-state index in [1.54, 1.807) is 29.2 Å². The Labute approximate surface area is 134 Å². The summed E-state index contributed by atoms with van der Waals surface area (Å²) in [6, 6.07) is 13.0. The molecule has 0 radical (unpaired) electrons. The number of aliphatic hydroxyl groups excluding tert-OH is 1. The maximum atomic E-state index is 13.1. The third-order valence-corrected chi connectivity index (χ3v) is 4.01. The van der Waals surface area contributed by atoms with Gasteiger partial charge in [0.25, 0.3) is 5.91 Å². The number of benzene rings is 2. The van der Waals surface area contributed by atoms with Gasteiger partial charge in [-0.2, -0.15) is 0 Å². The number of rotatable bonds is 3. The van der Waals surface area contributed by atoms with E-state index in [0.717, 1.165) is 11.1 Å². The fraction of sp³-hybridized carbons (Fsp3) is 0.278. The van der Waals surface area contributed by atoms with E-state index in [0.29, 0.717) is 25.3 Å². The first kappa shape index (κ1) is 15.6. The van der Waals surface area contributed by atoms with Gasteiger partial charge in [-0.1, -0.05) is 30.3 Å². The predicted octanol–water partition coefficient (Wildman–Crippen LogP) is 2.33. The highest BCUT2D eigenvalue weighted by Gasteiger charge is 2.28. The van der Waals surface area contributed by atoms with Crippen molar-refractivity contribution in [1.29, 1.82) is 0 Å². The molecule has 1 aliphatic rings. The van der Waals surface area contributed by atoms with Gasteiger partial charge < -0.3 is 14.7 Å². The van der Waals surface area contributed by atoms with Crippen molar-refractivity contribution in [3.8, 4) is 11.1 Å². The summed E-state index contributed by atoms with van der Waals surface area (Å²) < 4.78 is 18.5. The van der Waals surface area contributed by atoms with E-state index >= 15 is 0 Å². The molecule has 0 aliphatic carbocycles. The summed E-state index contributed by atoms with van der Waals surface area (Å²) in [7, 11) is 0. The van der Waals surface area contributed by atoms with Gasteiger partial charge in [0, 0.05) is 12.1 Å². The number of halogens is 1. The van der Waals surface area contributed by atoms with E-state index in [4.69, 9.17) is 4.74 Å². The quantitative estimate of drug-likeness (QED) is 0.946. The Morgan fingerprint density at radius 2 is 1.96 bits per heavy atom. The average Bonchev–Trinajstić information content (AvgIpc) is 2.62. The summed E-state index contributed by atoms with van der Waals surface area (Å²) in [5, 5.41) is 9.46. The molecule has 1 heterocycles. The number of amides is 1. The molecule has 3 rings (SSSR count). The first-order valence-corrected chi connectivity index (χ1v) is 7.55. The summed E-state index contributed by atoms with van der Waals surface area (Å²) in [5.41, 5.74) is 2.07. The first-order valence-electron chi connectivity index (χ1n) is 7.55. The topological polar surface area (TPSA) is 49.8 Å². The van der Waals surface area contributed by atoms with Gasteiger partial charge in [0.2, 0.25) is 0 Å². The second-order valence-corrected chi connectivity index (χ2v) is 5.46. The molecule has 4 nitrogen and oxygen atoms in total. The van der Waals surface area contributed by atoms with Crippen LogP contribution in [-0.4, -0.2) is 48.3 Å². The maximum Gasteiger partial charge on any atom is 0.254 e. The van der Waals surface area contributed by atoms with Crippen molar-refractivity contribution in [2.45, 2.75) is 6.04 Å². The molecular formula is C18H18FNO3. The molecule has 23 heavy (non-hydrogen) atoms. The maximum absolute atomic E-state index is 13.1. The van der Waals surface area contributed by atoms with Gasteiger partial charge in [0.05, 0.1) is 25.9 Å². The molecule has 1 amide bonds. The number of morpholine rings is 1. The van der Waals surface area contributed by atoms with Crippen LogP contribution in [0.2, 0.25) is 0 Å². The van der Waals surface area contributed by atoms with Gasteiger partial charge >= 0.3 is 0 Å². The Morgan fingerprint density at radius 3 is 2.70 bits per heavy atom. The van der Waals surface area contributed by atoms with Crippen LogP contribution in [0.15, 0.2) is 48.5 Å². The summed E-state index contributed by atoms with van der Waals surface area (Å²) >= 11 is 0. The first-order chi connectivity index (χ1) is 11.2. The zero-order chi connectivity index (χ0) is 16.2. The Morgan fingerprint density at radius 1 is 1.22 bits per heavy atom. The largest absolute Gasteiger partial charge is 0.394 e. The molecule has 1 atom stereocenters. The number of carbonyl (C=O) groups is 1. The molecule has 1 unspecified atom stereocenters. The third kappa shape index (κ3) is 3.25. The molecule has 1 aliphatic heterocycles. The fourth-order valence-corrected chi connectivity index (χ4v) is 2.78. The molecule has 2 aromatic carbocycles. The van der Waals surface area contributed by atoms with Crippen LogP contribution in [0.4, 0.5) is 4.39 Å². The fourth-order valence-electron chi connectivity index (χ4n) is 2.78. The van der Waals surface area contributed by atoms with E-state index in [9.17, 15) is 14.3 Å². The van der Waals surface area contributed by atoms with Crippen molar-refractivity contribution in [1.82, 2.24) is 4.90 Å². The van der Waals surface area contributed by atoms with Crippen molar-refractivity contribution in [3.05, 3.63) is 59.9 Å². The monoisotopic (exact) mass is 315 g/mol. The standard InChI is InChI=1S/C18H18FNO3/c19-14-7-5-13(6-8-14)16-3-1-2-4-17(16)18(22)20-9-10-23-12-15(20)11-21/h1-8,15,21H,9-12H2. The van der Waals surface area contributed by atoms with Crippen LogP contribution in [0, 0.1) is 5.82 Å². The summed E-state index contributed by atoms with van der Waals surface area (Å²) in [5.74, 6) is -0.460. The minimum Gasteiger partial charge on any atom is -0.394 e. The van der Waals surface area contributed by atoms with Gasteiger partial charge in [0.15, 0.2) is 0 Å². The highest BCUT2D eigenvalue weighted by molar-refractivity contribution is 6.01. The Bertz CT molecular complexity index is 687. The molecule has 5 heteroatoms. The van der Waals surface area contributed by atoms with Crippen LogP contribution in [0.25, 0.3) is 11.1 Å². The number of aliphatic hydroxyl groups is 1. The van der Waals surface area contributed by atoms with Gasteiger partial charge in [-0.3, -0.25) is 4.79 Å². The zero-order valence-electron chi connectivity index (χ0n) is 12.6. The van der Waals surface area contributed by atoms with Crippen LogP contribution in [0.1, 0.15) is 10.4 Å². The molecule has 1 saturated heterocycles. The van der Waals surface area contributed by atoms with Gasteiger partial charge in [-0.05, 0) is 29.3 Å². The number of hydrogen-bond donors (Lipinski definition) is 1. The van der Waals surface area contributed by atoms with Crippen molar-refractivity contribution in [3.63, 3.8) is 0 Å². The number of nitrogens with zero attached hydrogens (tertiary/aromatic N) is 1. The molecule has 1 N–H and O–H groups in total. The zero-order valence-corrected chi connectivity index (χ0v) is 12.6. The SMILES string of the molecule is O=C(c1ccccc1-c1ccc(F)cc1)N1CCOCC1CO. The van der Waals surface area contributed by atoms with Crippen molar-refractivity contribution >= 4 is 5.91 Å². The Kier molecular flexibility index (Phi) is 4.69. The minimum atomic E-state index is -0.336. The van der Waals surface area contributed by atoms with Gasteiger partial charge in [-0.15, -0.1) is 0 Å². The molecule has 0 spiro atoms. The second-order valence-electron chi connectivity index (χ2n) is 5.46. The van der Waals surface area contributed by atoms with Crippen LogP contribution < -0.4 is 0 Å². The summed E-state index contributed by atoms with van der Waals surface area (Å²) in [6.07, 6.45) is 0. The molecule has 0 bridgehead atoms. The second kappa shape index (κ2) is 6.89. The van der Waals surface area contributed by atoms with Crippen molar-refractivity contribution in [2.24, 2.45) is 0 Å². The number of ether oxygens (including phenoxy) is 1. The molecule has 120 valence electrons. The third-order valence-electron chi connectivity index (χ3n) is 4.01. The van der Waals surface area contributed by atoms with Crippen molar-refractivity contribution in [2.75, 3.05) is 26.4 Å². The lowest BCUT2D eigenvalue weighted by molar-refractivity contribution is -0.0183. The van der Waals surface area contributed by atoms with E-state index in [1.165, 1.54) is 12.1 Å². The number of carbonyl (C=O) groups excluding carboxylic acids is 1. The number of hydrogen-bond acceptors (Lipinski definition) is 3. The molecule has 1 fully saturated rings. The van der Waals surface area contributed by atoms with E-state index in [2.05, 4.69) is 0 Å². The minimum absolute atomic E-state index is 0.134. The predicted molar refractivity (Wildman–Crippen MR) is 84.6 cm³/mol. The van der Waals surface area contributed by atoms with Gasteiger partial charge in [0.1, 0.15) is 5.82 Å². The highest BCUT2D eigenvalue weighted by atomic mass is 19.1. The lowest BCUT2D eigenvalue weighted by Crippen LogP contribution is -2.50. The van der Waals surface area contributed by atoms with E-state index in [-0.39, 0.29) is 24.4 Å². The van der Waals surface area contributed by atoms with Crippen LogP contribution in [0.5, 0.6) is 0 Å². The van der Waals surface area contributed by atoms with Gasteiger partial charge in [-0.25, -0.2) is 4.39 Å². The summed E-state index contributed by atoms with van der Waals surface area (Å²) in [6.45, 7) is 1.11. The Balaban J connectivity index is 1.96. The molecular weight excluding hydrogens is 297 g/mol. The lowest BCUT2D eigenvalue weighted by Gasteiger charge is -2.35. The van der Waals surface area contributed by atoms with E-state index in [1.807, 2.05) is 12.1 Å². The average molecular weight is 315 g/mol. The smallest absolute Gasteiger partial charge is 0.254 e. The molecule has 0 aromatic heterocycles. The lowest BCUT2D eigenvalue weighted by atomic mass is 9.98. The van der Waals surface area contributed by atoms with Crippen LogP contribution >= 0.6 is 0 Å². The highest BCUT2D eigenvalue weighted by Crippen LogP contribution is 2.26. The normalized spacial score (nSPS) is 18.0. The van der Waals surface area contributed by atoms with Crippen LogP contribution in [-0.2, 0) is 4.74 Å².